The van der Waals surface area contributed by atoms with E-state index in [9.17, 15) is 4.79 Å². The van der Waals surface area contributed by atoms with E-state index in [1.165, 1.54) is 24.3 Å². The molecule has 0 aromatic heterocycles. The minimum absolute atomic E-state index is 0.0792. The van der Waals surface area contributed by atoms with Crippen molar-refractivity contribution in [3.8, 4) is 22.6 Å². The van der Waals surface area contributed by atoms with Gasteiger partial charge in [-0.2, -0.15) is 0 Å². The van der Waals surface area contributed by atoms with Crippen molar-refractivity contribution in [3.05, 3.63) is 82.7 Å². The van der Waals surface area contributed by atoms with Crippen LogP contribution in [-0.2, 0) is 32.7 Å². The number of rotatable bonds is 8. The highest BCUT2D eigenvalue weighted by atomic mass is 19.1. The lowest BCUT2D eigenvalue weighted by Gasteiger charge is -2.46. The second kappa shape index (κ2) is 10.9. The molecular weight excluding hydrogens is 507 g/mol. The fraction of sp³-hybridized carbons (Fsp3) is 0.441. The molecule has 1 saturated carbocycles. The summed E-state index contributed by atoms with van der Waals surface area (Å²) in [5.41, 5.74) is 5.25. The van der Waals surface area contributed by atoms with Crippen LogP contribution in [0.25, 0.3) is 11.1 Å². The minimum Gasteiger partial charge on any atom is -0.497 e. The molecule has 3 aromatic carbocycles. The number of hydrogen-bond donors (Lipinski definition) is 0. The van der Waals surface area contributed by atoms with E-state index in [2.05, 4.69) is 39.0 Å². The van der Waals surface area contributed by atoms with E-state index < -0.39 is 0 Å². The molecule has 0 radical (unpaired) electrons. The molecule has 5 nitrogen and oxygen atoms in total. The van der Waals surface area contributed by atoms with Gasteiger partial charge in [0.15, 0.2) is 0 Å². The van der Waals surface area contributed by atoms with Gasteiger partial charge in [0.05, 0.1) is 26.2 Å². The lowest BCUT2D eigenvalue weighted by atomic mass is 9.57. The van der Waals surface area contributed by atoms with Gasteiger partial charge in [0.25, 0.3) is 0 Å². The molecule has 1 fully saturated rings. The van der Waals surface area contributed by atoms with E-state index in [4.69, 9.17) is 18.9 Å². The first-order valence-corrected chi connectivity index (χ1v) is 13.9. The Kier molecular flexibility index (Phi) is 7.66. The molecule has 0 unspecified atom stereocenters. The standard InChI is InChI=1S/C34H39FO5/c1-33(2,3)31(38-5)27-17-21(7-11-25(27)26-18-23(37-4)10-12-30(26)35)20-40-24-9-8-22-13-15-34(29(22)19-24)16-14-28(34)32(36)39-6/h7-12,17-19,28,31H,13-16,20H2,1-6H3/t28-,31+,34+/m0/s1. The zero-order valence-corrected chi connectivity index (χ0v) is 24.3. The third kappa shape index (κ3) is 4.98. The Bertz CT molecular complexity index is 1410. The summed E-state index contributed by atoms with van der Waals surface area (Å²) in [6.07, 6.45) is 3.54. The Labute approximate surface area is 236 Å². The number of aryl methyl sites for hydroxylation is 1. The molecule has 212 valence electrons. The van der Waals surface area contributed by atoms with Crippen LogP contribution in [0, 0.1) is 17.2 Å². The fourth-order valence-electron chi connectivity index (χ4n) is 6.68. The summed E-state index contributed by atoms with van der Waals surface area (Å²) in [5, 5.41) is 0. The van der Waals surface area contributed by atoms with Gasteiger partial charge < -0.3 is 18.9 Å². The number of esters is 1. The first kappa shape index (κ1) is 28.2. The SMILES string of the molecule is COC(=O)[C@@H]1CC[C@]12CCc1ccc(OCc3ccc(-c4cc(OC)ccc4F)c([C@@H](OC)C(C)(C)C)c3)cc12. The van der Waals surface area contributed by atoms with Gasteiger partial charge in [-0.05, 0) is 95.3 Å². The Morgan fingerprint density at radius 1 is 0.975 bits per heavy atom. The van der Waals surface area contributed by atoms with Gasteiger partial charge >= 0.3 is 5.97 Å². The first-order chi connectivity index (χ1) is 19.1. The van der Waals surface area contributed by atoms with E-state index in [0.29, 0.717) is 17.9 Å². The highest BCUT2D eigenvalue weighted by Gasteiger charge is 2.55. The smallest absolute Gasteiger partial charge is 0.309 e. The van der Waals surface area contributed by atoms with Gasteiger partial charge in [-0.3, -0.25) is 4.79 Å². The van der Waals surface area contributed by atoms with Crippen molar-refractivity contribution in [2.24, 2.45) is 11.3 Å². The van der Waals surface area contributed by atoms with Crippen molar-refractivity contribution in [3.63, 3.8) is 0 Å². The summed E-state index contributed by atoms with van der Waals surface area (Å²) >= 11 is 0. The summed E-state index contributed by atoms with van der Waals surface area (Å²) in [7, 11) is 4.74. The third-order valence-electron chi connectivity index (χ3n) is 8.78. The third-order valence-corrected chi connectivity index (χ3v) is 8.78. The Hall–Kier alpha value is -3.38. The van der Waals surface area contributed by atoms with Crippen molar-refractivity contribution in [1.82, 2.24) is 0 Å². The molecule has 6 heteroatoms. The number of hydrogen-bond acceptors (Lipinski definition) is 5. The number of carbonyl (C=O) groups excluding carboxylic acids is 1. The lowest BCUT2D eigenvalue weighted by molar-refractivity contribution is -0.153. The Morgan fingerprint density at radius 3 is 2.40 bits per heavy atom. The van der Waals surface area contributed by atoms with Crippen molar-refractivity contribution in [2.75, 3.05) is 21.3 Å². The predicted octanol–water partition coefficient (Wildman–Crippen LogP) is 7.58. The molecule has 0 heterocycles. The van der Waals surface area contributed by atoms with Gasteiger partial charge in [-0.15, -0.1) is 0 Å². The predicted molar refractivity (Wildman–Crippen MR) is 153 cm³/mol. The van der Waals surface area contributed by atoms with Crippen molar-refractivity contribution < 1.29 is 28.1 Å². The first-order valence-electron chi connectivity index (χ1n) is 13.9. The highest BCUT2D eigenvalue weighted by Crippen LogP contribution is 2.57. The van der Waals surface area contributed by atoms with Crippen LogP contribution < -0.4 is 9.47 Å². The highest BCUT2D eigenvalue weighted by molar-refractivity contribution is 5.77. The Morgan fingerprint density at radius 2 is 1.75 bits per heavy atom. The zero-order chi connectivity index (χ0) is 28.7. The van der Waals surface area contributed by atoms with E-state index in [1.807, 2.05) is 18.2 Å². The fourth-order valence-corrected chi connectivity index (χ4v) is 6.68. The summed E-state index contributed by atoms with van der Waals surface area (Å²) in [5.74, 6) is 0.860. The van der Waals surface area contributed by atoms with Gasteiger partial charge in [0.2, 0.25) is 0 Å². The van der Waals surface area contributed by atoms with Crippen LogP contribution in [0.15, 0.2) is 54.6 Å². The number of carbonyl (C=O) groups is 1. The number of methoxy groups -OCH3 is 3. The maximum absolute atomic E-state index is 15.1. The van der Waals surface area contributed by atoms with Crippen molar-refractivity contribution >= 4 is 5.97 Å². The van der Waals surface area contributed by atoms with Crippen molar-refractivity contribution in [2.45, 2.75) is 64.6 Å². The summed E-state index contributed by atoms with van der Waals surface area (Å²) in [6, 6.07) is 17.0. The van der Waals surface area contributed by atoms with E-state index in [1.54, 1.807) is 26.4 Å². The largest absolute Gasteiger partial charge is 0.497 e. The maximum atomic E-state index is 15.1. The maximum Gasteiger partial charge on any atom is 0.309 e. The van der Waals surface area contributed by atoms with Crippen molar-refractivity contribution in [1.29, 1.82) is 0 Å². The van der Waals surface area contributed by atoms with Crippen LogP contribution in [0.1, 0.15) is 68.4 Å². The molecular formula is C34H39FO5. The summed E-state index contributed by atoms with van der Waals surface area (Å²) in [4.78, 5) is 12.4. The van der Waals surface area contributed by atoms with Crippen LogP contribution in [0.4, 0.5) is 4.39 Å². The number of ether oxygens (including phenoxy) is 4. The molecule has 0 amide bonds. The normalized spacial score (nSPS) is 20.5. The van der Waals surface area contributed by atoms with E-state index >= 15 is 4.39 Å². The average Bonchev–Trinajstić information content (AvgIpc) is 3.32. The van der Waals surface area contributed by atoms with Gasteiger partial charge in [0.1, 0.15) is 23.9 Å². The summed E-state index contributed by atoms with van der Waals surface area (Å²) in [6.45, 7) is 6.68. The average molecular weight is 547 g/mol. The van der Waals surface area contributed by atoms with Gasteiger partial charge in [-0.1, -0.05) is 39.0 Å². The minimum atomic E-state index is -0.317. The van der Waals surface area contributed by atoms with Gasteiger partial charge in [-0.25, -0.2) is 4.39 Å². The topological polar surface area (TPSA) is 54.0 Å². The molecule has 2 aliphatic carbocycles. The molecule has 0 saturated heterocycles. The molecule has 0 aliphatic heterocycles. The second-order valence-corrected chi connectivity index (χ2v) is 12.1. The molecule has 0 bridgehead atoms. The molecule has 1 spiro atoms. The van der Waals surface area contributed by atoms with Crippen LogP contribution >= 0.6 is 0 Å². The number of fused-ring (bicyclic) bond motifs is 2. The monoisotopic (exact) mass is 546 g/mol. The molecule has 2 aliphatic rings. The lowest BCUT2D eigenvalue weighted by Crippen LogP contribution is -2.47. The molecule has 0 N–H and O–H groups in total. The van der Waals surface area contributed by atoms with Crippen LogP contribution in [-0.4, -0.2) is 27.3 Å². The van der Waals surface area contributed by atoms with Crippen LogP contribution in [0.3, 0.4) is 0 Å². The molecule has 5 rings (SSSR count). The number of halogens is 1. The Balaban J connectivity index is 1.45. The van der Waals surface area contributed by atoms with E-state index in [-0.39, 0.29) is 34.6 Å². The quantitative estimate of drug-likeness (QED) is 0.273. The van der Waals surface area contributed by atoms with Crippen LogP contribution in [0.2, 0.25) is 0 Å². The molecule has 3 aromatic rings. The second-order valence-electron chi connectivity index (χ2n) is 12.1. The van der Waals surface area contributed by atoms with E-state index in [0.717, 1.165) is 48.1 Å². The molecule has 40 heavy (non-hydrogen) atoms. The van der Waals surface area contributed by atoms with Crippen LogP contribution in [0.5, 0.6) is 11.5 Å². The number of benzene rings is 3. The zero-order valence-electron chi connectivity index (χ0n) is 24.3. The molecule has 3 atom stereocenters. The summed E-state index contributed by atoms with van der Waals surface area (Å²) < 4.78 is 37.8. The van der Waals surface area contributed by atoms with Gasteiger partial charge in [0, 0.05) is 18.1 Å².